The predicted octanol–water partition coefficient (Wildman–Crippen LogP) is 3.19. The number of hydrogen-bond donors (Lipinski definition) is 3. The summed E-state index contributed by atoms with van der Waals surface area (Å²) < 4.78 is 0. The number of carbonyl (C=O) groups excluding carboxylic acids is 2. The van der Waals surface area contributed by atoms with Gasteiger partial charge in [0.1, 0.15) is 6.04 Å². The molecule has 0 aliphatic carbocycles. The van der Waals surface area contributed by atoms with E-state index in [2.05, 4.69) is 20.9 Å². The van der Waals surface area contributed by atoms with Gasteiger partial charge in [-0.3, -0.25) is 14.9 Å². The van der Waals surface area contributed by atoms with Gasteiger partial charge in [0.15, 0.2) is 0 Å². The van der Waals surface area contributed by atoms with Crippen molar-refractivity contribution in [2.75, 3.05) is 36.4 Å². The van der Waals surface area contributed by atoms with E-state index in [1.54, 1.807) is 0 Å². The Bertz CT molecular complexity index is 731. The molecule has 1 aromatic rings. The van der Waals surface area contributed by atoms with Crippen LogP contribution in [0.15, 0.2) is 18.2 Å². The number of nitrogens with zero attached hydrogens (tertiary/aromatic N) is 1. The molecule has 3 fully saturated rings. The van der Waals surface area contributed by atoms with Gasteiger partial charge in [-0.25, -0.2) is 0 Å². The van der Waals surface area contributed by atoms with Crippen molar-refractivity contribution in [1.29, 1.82) is 0 Å². The maximum absolute atomic E-state index is 11.9. The standard InChI is InChI=1S/C21H29ClN4O2.ClH/c22-17-13-16(24-18-2-4-20(27)25-21(18)28)1-3-19(17)26-11-7-15(8-12-26)14-5-9-23-10-6-14;/h1,3,13-15,18,23-24H,2,4-12H2,(H,25,27,28);1H. The van der Waals surface area contributed by atoms with Crippen molar-refractivity contribution in [3.8, 4) is 0 Å². The highest BCUT2D eigenvalue weighted by Crippen LogP contribution is 2.35. The molecule has 0 spiro atoms. The number of imide groups is 1. The first-order valence-electron chi connectivity index (χ1n) is 10.5. The van der Waals surface area contributed by atoms with Gasteiger partial charge in [0, 0.05) is 25.2 Å². The van der Waals surface area contributed by atoms with Gasteiger partial charge in [-0.2, -0.15) is 0 Å². The van der Waals surface area contributed by atoms with E-state index in [9.17, 15) is 9.59 Å². The summed E-state index contributed by atoms with van der Waals surface area (Å²) >= 11 is 6.58. The van der Waals surface area contributed by atoms with Gasteiger partial charge in [0.2, 0.25) is 11.8 Å². The lowest BCUT2D eigenvalue weighted by Gasteiger charge is -2.39. The second-order valence-electron chi connectivity index (χ2n) is 8.23. The number of nitrogens with one attached hydrogen (secondary N) is 3. The van der Waals surface area contributed by atoms with Gasteiger partial charge in [-0.1, -0.05) is 11.6 Å². The molecule has 6 nitrogen and oxygen atoms in total. The molecule has 3 heterocycles. The SMILES string of the molecule is Cl.O=C1CCC(Nc2ccc(N3CCC(C4CCNCC4)CC3)c(Cl)c2)C(=O)N1. The van der Waals surface area contributed by atoms with E-state index in [0.717, 1.165) is 36.3 Å². The second kappa shape index (κ2) is 10.0. The van der Waals surface area contributed by atoms with Crippen LogP contribution in [-0.2, 0) is 9.59 Å². The molecule has 1 aromatic carbocycles. The Kier molecular flexibility index (Phi) is 7.66. The molecular formula is C21H30Cl2N4O2. The number of amides is 2. The number of rotatable bonds is 4. The van der Waals surface area contributed by atoms with Crippen LogP contribution in [0.3, 0.4) is 0 Å². The van der Waals surface area contributed by atoms with Crippen LogP contribution in [0.4, 0.5) is 11.4 Å². The lowest BCUT2D eigenvalue weighted by molar-refractivity contribution is -0.133. The molecule has 3 saturated heterocycles. The van der Waals surface area contributed by atoms with Crippen LogP contribution >= 0.6 is 24.0 Å². The Hall–Kier alpha value is -1.50. The second-order valence-corrected chi connectivity index (χ2v) is 8.63. The highest BCUT2D eigenvalue weighted by molar-refractivity contribution is 6.33. The molecule has 0 radical (unpaired) electrons. The first kappa shape index (κ1) is 22.2. The maximum Gasteiger partial charge on any atom is 0.249 e. The van der Waals surface area contributed by atoms with E-state index in [0.29, 0.717) is 17.9 Å². The number of halogens is 2. The summed E-state index contributed by atoms with van der Waals surface area (Å²) in [6.07, 6.45) is 5.96. The molecule has 0 bridgehead atoms. The molecular weight excluding hydrogens is 411 g/mol. The van der Waals surface area contributed by atoms with Crippen molar-refractivity contribution in [2.24, 2.45) is 11.8 Å². The van der Waals surface area contributed by atoms with Crippen LogP contribution in [0.5, 0.6) is 0 Å². The van der Waals surface area contributed by atoms with Crippen molar-refractivity contribution in [2.45, 2.75) is 44.6 Å². The highest BCUT2D eigenvalue weighted by atomic mass is 35.5. The van der Waals surface area contributed by atoms with Crippen molar-refractivity contribution < 1.29 is 9.59 Å². The largest absolute Gasteiger partial charge is 0.374 e. The molecule has 0 aromatic heterocycles. The molecule has 4 rings (SSSR count). The first-order chi connectivity index (χ1) is 13.6. The molecule has 8 heteroatoms. The Morgan fingerprint density at radius 2 is 1.69 bits per heavy atom. The van der Waals surface area contributed by atoms with E-state index < -0.39 is 0 Å². The molecule has 1 atom stereocenters. The quantitative estimate of drug-likeness (QED) is 0.626. The van der Waals surface area contributed by atoms with Crippen molar-refractivity contribution in [3.05, 3.63) is 23.2 Å². The third-order valence-corrected chi connectivity index (χ3v) is 6.76. The fraction of sp³-hybridized carbons (Fsp3) is 0.619. The first-order valence-corrected chi connectivity index (χ1v) is 10.8. The summed E-state index contributed by atoms with van der Waals surface area (Å²) in [6.45, 7) is 4.43. The van der Waals surface area contributed by atoms with E-state index in [4.69, 9.17) is 11.6 Å². The van der Waals surface area contributed by atoms with Gasteiger partial charge in [0.05, 0.1) is 10.7 Å². The zero-order valence-corrected chi connectivity index (χ0v) is 18.2. The Labute approximate surface area is 183 Å². The third kappa shape index (κ3) is 5.36. The van der Waals surface area contributed by atoms with Crippen LogP contribution in [0, 0.1) is 11.8 Å². The Morgan fingerprint density at radius 1 is 1.00 bits per heavy atom. The Balaban J connectivity index is 0.00000240. The minimum atomic E-state index is -0.389. The normalized spacial score (nSPS) is 24.0. The molecule has 3 aliphatic rings. The molecule has 29 heavy (non-hydrogen) atoms. The summed E-state index contributed by atoms with van der Waals surface area (Å²) in [7, 11) is 0. The summed E-state index contributed by atoms with van der Waals surface area (Å²) in [5, 5.41) is 9.74. The monoisotopic (exact) mass is 440 g/mol. The van der Waals surface area contributed by atoms with Gasteiger partial charge < -0.3 is 15.5 Å². The molecule has 2 amide bonds. The third-order valence-electron chi connectivity index (χ3n) is 6.46. The minimum absolute atomic E-state index is 0. The number of hydrogen-bond acceptors (Lipinski definition) is 5. The average Bonchev–Trinajstić information content (AvgIpc) is 2.71. The summed E-state index contributed by atoms with van der Waals surface area (Å²) in [5.41, 5.74) is 1.88. The van der Waals surface area contributed by atoms with Gasteiger partial charge in [0.25, 0.3) is 0 Å². The van der Waals surface area contributed by atoms with Crippen LogP contribution < -0.4 is 20.9 Å². The number of carbonyl (C=O) groups is 2. The molecule has 0 saturated carbocycles. The van der Waals surface area contributed by atoms with E-state index in [-0.39, 0.29) is 30.3 Å². The predicted molar refractivity (Wildman–Crippen MR) is 119 cm³/mol. The summed E-state index contributed by atoms with van der Waals surface area (Å²) in [6, 6.07) is 5.52. The topological polar surface area (TPSA) is 73.5 Å². The van der Waals surface area contributed by atoms with E-state index in [1.807, 2.05) is 18.2 Å². The number of benzene rings is 1. The van der Waals surface area contributed by atoms with Crippen molar-refractivity contribution >= 4 is 47.2 Å². The number of piperidine rings is 3. The fourth-order valence-electron chi connectivity index (χ4n) is 4.81. The average molecular weight is 441 g/mol. The molecule has 3 aliphatic heterocycles. The van der Waals surface area contributed by atoms with Crippen molar-refractivity contribution in [3.63, 3.8) is 0 Å². The van der Waals surface area contributed by atoms with E-state index in [1.165, 1.54) is 38.8 Å². The summed E-state index contributed by atoms with van der Waals surface area (Å²) in [4.78, 5) is 25.6. The van der Waals surface area contributed by atoms with Crippen molar-refractivity contribution in [1.82, 2.24) is 10.6 Å². The summed E-state index contributed by atoms with van der Waals surface area (Å²) in [5.74, 6) is 1.24. The van der Waals surface area contributed by atoms with Gasteiger partial charge in [-0.05, 0) is 75.2 Å². The zero-order valence-electron chi connectivity index (χ0n) is 16.6. The molecule has 1 unspecified atom stereocenters. The fourth-order valence-corrected chi connectivity index (χ4v) is 5.11. The van der Waals surface area contributed by atoms with Crippen LogP contribution in [0.2, 0.25) is 5.02 Å². The van der Waals surface area contributed by atoms with E-state index >= 15 is 0 Å². The lowest BCUT2D eigenvalue weighted by Crippen LogP contribution is -2.47. The van der Waals surface area contributed by atoms with Gasteiger partial charge in [-0.15, -0.1) is 12.4 Å². The Morgan fingerprint density at radius 3 is 2.34 bits per heavy atom. The molecule has 160 valence electrons. The van der Waals surface area contributed by atoms with Crippen LogP contribution in [-0.4, -0.2) is 44.0 Å². The minimum Gasteiger partial charge on any atom is -0.374 e. The van der Waals surface area contributed by atoms with Crippen LogP contribution in [0.25, 0.3) is 0 Å². The molecule has 3 N–H and O–H groups in total. The van der Waals surface area contributed by atoms with Gasteiger partial charge >= 0.3 is 0 Å². The lowest BCUT2D eigenvalue weighted by atomic mass is 9.79. The maximum atomic E-state index is 11.9. The highest BCUT2D eigenvalue weighted by Gasteiger charge is 2.29. The van der Waals surface area contributed by atoms with Crippen LogP contribution in [0.1, 0.15) is 38.5 Å². The smallest absolute Gasteiger partial charge is 0.249 e. The number of anilines is 2. The zero-order chi connectivity index (χ0) is 19.5.